The summed E-state index contributed by atoms with van der Waals surface area (Å²) in [5.74, 6) is -1.64. The number of hydrogen-bond donors (Lipinski definition) is 3. The zero-order valence-electron chi connectivity index (χ0n) is 22.9. The van der Waals surface area contributed by atoms with Crippen LogP contribution in [0, 0.1) is 0 Å². The van der Waals surface area contributed by atoms with Crippen molar-refractivity contribution in [1.82, 2.24) is 10.2 Å². The number of carbonyl (C=O) groups excluding carboxylic acids is 3. The number of carbonyl (C=O) groups is 3. The van der Waals surface area contributed by atoms with Gasteiger partial charge >= 0.3 is 5.63 Å². The molecule has 0 saturated carbocycles. The number of methoxy groups -OCH3 is 2. The van der Waals surface area contributed by atoms with E-state index in [2.05, 4.69) is 5.32 Å². The van der Waals surface area contributed by atoms with Crippen molar-refractivity contribution in [3.8, 4) is 11.5 Å². The maximum atomic E-state index is 13.9. The summed E-state index contributed by atoms with van der Waals surface area (Å²) in [4.78, 5) is 53.2. The summed E-state index contributed by atoms with van der Waals surface area (Å²) in [7, 11) is 2.84. The van der Waals surface area contributed by atoms with Crippen molar-refractivity contribution in [1.29, 1.82) is 0 Å². The minimum atomic E-state index is -1.38. The molecule has 12 nitrogen and oxygen atoms in total. The fourth-order valence-corrected chi connectivity index (χ4v) is 5.50. The van der Waals surface area contributed by atoms with Crippen LogP contribution < -0.4 is 20.4 Å². The molecule has 12 heteroatoms. The molecule has 0 fully saturated rings. The summed E-state index contributed by atoms with van der Waals surface area (Å²) in [5, 5.41) is 24.2. The molecule has 4 unspecified atom stereocenters. The molecule has 2 aliphatic rings. The Kier molecular flexibility index (Phi) is 8.39. The number of amides is 2. The number of hydrogen-bond acceptors (Lipinski definition) is 10. The Hall–Kier alpha value is -4.52. The molecular formula is C30H30N2O10. The Bertz CT molecular complexity index is 1610. The van der Waals surface area contributed by atoms with Crippen molar-refractivity contribution < 1.29 is 43.2 Å². The van der Waals surface area contributed by atoms with E-state index < -0.39 is 41.6 Å². The van der Waals surface area contributed by atoms with E-state index in [1.807, 2.05) is 0 Å². The lowest BCUT2D eigenvalue weighted by Gasteiger charge is -2.40. The standard InChI is InChI=1S/C30H30N2O10/c1-39-10-8-32(29(37)20-13-17-5-3-4-6-22(17)41-30(20)38)21-14-19(28(36)31-7-9-33)24-18-11-16(15-34)12-23(40-2)26(18)42-27(24)25(21)35/h3-6,11-15,21,24-25,27,33,35H,7-10H2,1-2H3,(H,31,36). The molecule has 0 spiro atoms. The largest absolute Gasteiger partial charge is 0.493 e. The molecule has 2 aromatic carbocycles. The maximum absolute atomic E-state index is 13.9. The molecule has 5 rings (SSSR count). The predicted molar refractivity (Wildman–Crippen MR) is 149 cm³/mol. The summed E-state index contributed by atoms with van der Waals surface area (Å²) < 4.78 is 22.2. The van der Waals surface area contributed by atoms with Crippen molar-refractivity contribution in [2.75, 3.05) is 40.5 Å². The summed E-state index contributed by atoms with van der Waals surface area (Å²) in [6.45, 7) is -0.351. The van der Waals surface area contributed by atoms with Crippen molar-refractivity contribution in [2.45, 2.75) is 24.2 Å². The van der Waals surface area contributed by atoms with E-state index >= 15 is 0 Å². The number of fused-ring (bicyclic) bond motifs is 4. The van der Waals surface area contributed by atoms with Gasteiger partial charge in [-0.3, -0.25) is 14.4 Å². The average Bonchev–Trinajstić information content (AvgIpc) is 3.40. The Morgan fingerprint density at radius 1 is 1.17 bits per heavy atom. The number of ether oxygens (including phenoxy) is 3. The molecule has 1 aliphatic heterocycles. The summed E-state index contributed by atoms with van der Waals surface area (Å²) in [6, 6.07) is 10.1. The van der Waals surface area contributed by atoms with E-state index in [1.54, 1.807) is 30.3 Å². The number of benzene rings is 2. The van der Waals surface area contributed by atoms with Crippen LogP contribution in [0.15, 0.2) is 63.3 Å². The van der Waals surface area contributed by atoms with E-state index in [1.165, 1.54) is 37.3 Å². The SMILES string of the molecule is COCCN(C(=O)c1cc2ccccc2oc1=O)C1C=C(C(=O)NCCO)C2c3cc(C=O)cc(OC)c3OC2C1O. The Labute approximate surface area is 240 Å². The molecule has 3 aromatic rings. The molecule has 2 amide bonds. The molecule has 0 radical (unpaired) electrons. The van der Waals surface area contributed by atoms with Gasteiger partial charge < -0.3 is 39.1 Å². The van der Waals surface area contributed by atoms with Gasteiger partial charge in [0.1, 0.15) is 29.6 Å². The highest BCUT2D eigenvalue weighted by atomic mass is 16.5. The quantitative estimate of drug-likeness (QED) is 0.234. The molecule has 42 heavy (non-hydrogen) atoms. The highest BCUT2D eigenvalue weighted by Crippen LogP contribution is 2.51. The number of aldehydes is 1. The van der Waals surface area contributed by atoms with Gasteiger partial charge in [0.25, 0.3) is 5.91 Å². The van der Waals surface area contributed by atoms with Crippen molar-refractivity contribution in [3.63, 3.8) is 0 Å². The number of aliphatic hydroxyl groups excluding tert-OH is 2. The second kappa shape index (κ2) is 12.1. The van der Waals surface area contributed by atoms with E-state index in [0.717, 1.165) is 0 Å². The molecule has 0 saturated heterocycles. The van der Waals surface area contributed by atoms with E-state index in [9.17, 15) is 29.4 Å². The minimum absolute atomic E-state index is 0.0450. The van der Waals surface area contributed by atoms with Gasteiger partial charge in [0.15, 0.2) is 11.5 Å². The van der Waals surface area contributed by atoms with Crippen LogP contribution in [0.2, 0.25) is 0 Å². The average molecular weight is 579 g/mol. The van der Waals surface area contributed by atoms with Crippen LogP contribution in [0.25, 0.3) is 11.0 Å². The third-order valence-electron chi connectivity index (χ3n) is 7.44. The fraction of sp³-hybridized carbons (Fsp3) is 0.333. The number of rotatable bonds is 10. The molecule has 1 aliphatic carbocycles. The monoisotopic (exact) mass is 578 g/mol. The first kappa shape index (κ1) is 29.0. The number of nitrogens with zero attached hydrogens (tertiary/aromatic N) is 1. The first-order valence-electron chi connectivity index (χ1n) is 13.3. The van der Waals surface area contributed by atoms with Crippen LogP contribution in [0.5, 0.6) is 11.5 Å². The highest BCUT2D eigenvalue weighted by Gasteiger charge is 2.51. The Balaban J connectivity index is 1.62. The molecule has 3 N–H and O–H groups in total. The molecule has 1 aromatic heterocycles. The van der Waals surface area contributed by atoms with E-state index in [0.29, 0.717) is 22.8 Å². The summed E-state index contributed by atoms with van der Waals surface area (Å²) >= 11 is 0. The fourth-order valence-electron chi connectivity index (χ4n) is 5.50. The zero-order valence-corrected chi connectivity index (χ0v) is 22.9. The minimum Gasteiger partial charge on any atom is -0.493 e. The van der Waals surface area contributed by atoms with Gasteiger partial charge in [-0.15, -0.1) is 0 Å². The van der Waals surface area contributed by atoms with Gasteiger partial charge in [-0.1, -0.05) is 18.2 Å². The number of nitrogens with one attached hydrogen (secondary N) is 1. The first-order valence-corrected chi connectivity index (χ1v) is 13.3. The Morgan fingerprint density at radius 2 is 1.95 bits per heavy atom. The molecule has 2 heterocycles. The van der Waals surface area contributed by atoms with E-state index in [4.69, 9.17) is 18.6 Å². The van der Waals surface area contributed by atoms with E-state index in [-0.39, 0.29) is 54.5 Å². The lowest BCUT2D eigenvalue weighted by molar-refractivity contribution is -0.118. The number of para-hydroxylation sites is 1. The molecule has 0 bridgehead atoms. The van der Waals surface area contributed by atoms with Gasteiger partial charge in [0.05, 0.1) is 32.3 Å². The first-order chi connectivity index (χ1) is 20.3. The van der Waals surface area contributed by atoms with Crippen molar-refractivity contribution >= 4 is 29.1 Å². The van der Waals surface area contributed by atoms with Crippen LogP contribution in [0.3, 0.4) is 0 Å². The molecule has 4 atom stereocenters. The molecular weight excluding hydrogens is 548 g/mol. The lowest BCUT2D eigenvalue weighted by Crippen LogP contribution is -2.56. The van der Waals surface area contributed by atoms with Gasteiger partial charge in [-0.2, -0.15) is 0 Å². The topological polar surface area (TPSA) is 165 Å². The van der Waals surface area contributed by atoms with Crippen LogP contribution in [0.4, 0.5) is 0 Å². The van der Waals surface area contributed by atoms with Crippen molar-refractivity contribution in [3.05, 3.63) is 81.2 Å². The lowest BCUT2D eigenvalue weighted by atomic mass is 9.77. The Morgan fingerprint density at radius 3 is 2.67 bits per heavy atom. The van der Waals surface area contributed by atoms with Crippen molar-refractivity contribution in [2.24, 2.45) is 0 Å². The van der Waals surface area contributed by atoms with Gasteiger partial charge in [-0.05, 0) is 30.3 Å². The van der Waals surface area contributed by atoms with Crippen LogP contribution in [-0.2, 0) is 9.53 Å². The zero-order chi connectivity index (χ0) is 30.0. The van der Waals surface area contributed by atoms with Gasteiger partial charge in [0.2, 0.25) is 5.91 Å². The molecule has 220 valence electrons. The summed E-state index contributed by atoms with van der Waals surface area (Å²) in [6.07, 6.45) is -0.359. The normalized spacial score (nSPS) is 20.6. The third kappa shape index (κ3) is 5.15. The van der Waals surface area contributed by atoms with Gasteiger partial charge in [0, 0.05) is 42.3 Å². The van der Waals surface area contributed by atoms with Gasteiger partial charge in [-0.25, -0.2) is 4.79 Å². The summed E-state index contributed by atoms with van der Waals surface area (Å²) in [5.41, 5.74) is 0.0762. The van der Waals surface area contributed by atoms with Crippen LogP contribution in [0.1, 0.15) is 32.2 Å². The highest BCUT2D eigenvalue weighted by molar-refractivity contribution is 5.99. The second-order valence-corrected chi connectivity index (χ2v) is 9.88. The maximum Gasteiger partial charge on any atom is 0.349 e. The van der Waals surface area contributed by atoms with Crippen LogP contribution >= 0.6 is 0 Å². The predicted octanol–water partition coefficient (Wildman–Crippen LogP) is 1.03. The third-order valence-corrected chi connectivity index (χ3v) is 7.44. The number of aliphatic hydroxyl groups is 2. The smallest absolute Gasteiger partial charge is 0.349 e. The van der Waals surface area contributed by atoms with Crippen LogP contribution in [-0.4, -0.2) is 92.0 Å². The second-order valence-electron chi connectivity index (χ2n) is 9.88.